The van der Waals surface area contributed by atoms with Gasteiger partial charge in [0.05, 0.1) is 26.6 Å². The summed E-state index contributed by atoms with van der Waals surface area (Å²) in [5, 5.41) is 0. The molecule has 0 aliphatic rings. The number of likely N-dealkylation sites (N-methyl/N-ethyl adjacent to an activating group) is 1. The van der Waals surface area contributed by atoms with E-state index < -0.39 is 0 Å². The molecule has 0 bridgehead atoms. The minimum Gasteiger partial charge on any atom is -0.459 e. The van der Waals surface area contributed by atoms with Gasteiger partial charge in [0, 0.05) is 0 Å². The summed E-state index contributed by atoms with van der Waals surface area (Å²) in [5.41, 5.74) is 0. The zero-order valence-electron chi connectivity index (χ0n) is 10.2. The van der Waals surface area contributed by atoms with Gasteiger partial charge in [0.2, 0.25) is 0 Å². The third-order valence-electron chi connectivity index (χ3n) is 2.24. The molecule has 0 radical (unpaired) electrons. The van der Waals surface area contributed by atoms with E-state index in [1.54, 1.807) is 0 Å². The van der Waals surface area contributed by atoms with Crippen LogP contribution >= 0.6 is 0 Å². The van der Waals surface area contributed by atoms with Crippen molar-refractivity contribution in [3.05, 3.63) is 0 Å². The Labute approximate surface area is 87.6 Å². The second-order valence-electron chi connectivity index (χ2n) is 4.71. The van der Waals surface area contributed by atoms with E-state index in [0.717, 1.165) is 24.0 Å². The summed E-state index contributed by atoms with van der Waals surface area (Å²) in [4.78, 5) is 11.2. The highest BCUT2D eigenvalue weighted by atomic mass is 16.5. The van der Waals surface area contributed by atoms with Crippen molar-refractivity contribution in [1.82, 2.24) is 0 Å². The van der Waals surface area contributed by atoms with Crippen molar-refractivity contribution in [2.75, 3.05) is 33.8 Å². The maximum absolute atomic E-state index is 11.2. The first kappa shape index (κ1) is 13.4. The number of rotatable bonds is 6. The molecule has 0 heterocycles. The van der Waals surface area contributed by atoms with Crippen molar-refractivity contribution in [3.8, 4) is 0 Å². The molecule has 0 fully saturated rings. The summed E-state index contributed by atoms with van der Waals surface area (Å²) in [6.45, 7) is 8.43. The average molecular weight is 202 g/mol. The van der Waals surface area contributed by atoms with Crippen molar-refractivity contribution < 1.29 is 14.0 Å². The van der Waals surface area contributed by atoms with Gasteiger partial charge in [0.15, 0.2) is 0 Å². The Morgan fingerprint density at radius 1 is 1.29 bits per heavy atom. The molecule has 0 atom stereocenters. The third kappa shape index (κ3) is 5.97. The topological polar surface area (TPSA) is 26.3 Å². The Hall–Kier alpha value is -0.570. The Balaban J connectivity index is 3.68. The van der Waals surface area contributed by atoms with Crippen molar-refractivity contribution in [1.29, 1.82) is 0 Å². The van der Waals surface area contributed by atoms with Crippen molar-refractivity contribution in [3.63, 3.8) is 0 Å². The van der Waals surface area contributed by atoms with Gasteiger partial charge in [-0.1, -0.05) is 20.8 Å². The van der Waals surface area contributed by atoms with E-state index in [-0.39, 0.29) is 11.9 Å². The van der Waals surface area contributed by atoms with E-state index in [4.69, 9.17) is 4.74 Å². The zero-order valence-corrected chi connectivity index (χ0v) is 10.2. The van der Waals surface area contributed by atoms with Crippen LogP contribution in [0.15, 0.2) is 0 Å². The summed E-state index contributed by atoms with van der Waals surface area (Å²) in [6, 6.07) is 0. The van der Waals surface area contributed by atoms with Crippen LogP contribution in [0.3, 0.4) is 0 Å². The third-order valence-corrected chi connectivity index (χ3v) is 2.24. The van der Waals surface area contributed by atoms with E-state index in [1.165, 1.54) is 0 Å². The number of carbonyl (C=O) groups excluding carboxylic acids is 1. The molecule has 0 aliphatic carbocycles. The molecule has 0 saturated carbocycles. The smallest absolute Gasteiger partial charge is 0.308 e. The first-order valence-corrected chi connectivity index (χ1v) is 5.37. The van der Waals surface area contributed by atoms with Gasteiger partial charge in [-0.2, -0.15) is 0 Å². The zero-order chi connectivity index (χ0) is 11.2. The van der Waals surface area contributed by atoms with Crippen LogP contribution < -0.4 is 0 Å². The van der Waals surface area contributed by atoms with E-state index >= 15 is 0 Å². The van der Waals surface area contributed by atoms with Crippen LogP contribution in [-0.4, -0.2) is 44.2 Å². The van der Waals surface area contributed by atoms with Crippen LogP contribution in [0.5, 0.6) is 0 Å². The predicted octanol–water partition coefficient (Wildman–Crippen LogP) is 1.67. The lowest BCUT2D eigenvalue weighted by molar-refractivity contribution is -0.890. The van der Waals surface area contributed by atoms with Gasteiger partial charge < -0.3 is 9.22 Å². The Kier molecular flexibility index (Phi) is 5.77. The van der Waals surface area contributed by atoms with Crippen LogP contribution in [0.25, 0.3) is 0 Å². The molecule has 0 aromatic rings. The molecule has 0 spiro atoms. The van der Waals surface area contributed by atoms with Gasteiger partial charge in [-0.05, 0) is 6.42 Å². The van der Waals surface area contributed by atoms with Gasteiger partial charge in [0.1, 0.15) is 13.2 Å². The van der Waals surface area contributed by atoms with Crippen molar-refractivity contribution >= 4 is 5.97 Å². The molecule has 0 saturated heterocycles. The molecular weight excluding hydrogens is 178 g/mol. The highest BCUT2D eigenvalue weighted by Crippen LogP contribution is 2.00. The predicted molar refractivity (Wildman–Crippen MR) is 57.9 cm³/mol. The molecule has 0 N–H and O–H groups in total. The lowest BCUT2D eigenvalue weighted by Gasteiger charge is -2.29. The fourth-order valence-electron chi connectivity index (χ4n) is 1.28. The SMILES string of the molecule is CCC[N+](C)(C)CCOC(=O)C(C)C. The highest BCUT2D eigenvalue weighted by molar-refractivity contribution is 5.71. The van der Waals surface area contributed by atoms with Gasteiger partial charge in [-0.15, -0.1) is 0 Å². The lowest BCUT2D eigenvalue weighted by atomic mass is 10.2. The second kappa shape index (κ2) is 6.02. The molecule has 0 unspecified atom stereocenters. The maximum Gasteiger partial charge on any atom is 0.308 e. The Morgan fingerprint density at radius 3 is 2.29 bits per heavy atom. The quantitative estimate of drug-likeness (QED) is 0.484. The van der Waals surface area contributed by atoms with Crippen LogP contribution in [0.4, 0.5) is 0 Å². The summed E-state index contributed by atoms with van der Waals surface area (Å²) < 4.78 is 6.05. The number of hydrogen-bond donors (Lipinski definition) is 0. The molecule has 3 heteroatoms. The number of quaternary nitrogens is 1. The van der Waals surface area contributed by atoms with E-state index in [1.807, 2.05) is 13.8 Å². The Morgan fingerprint density at radius 2 is 1.86 bits per heavy atom. The number of nitrogens with zero attached hydrogens (tertiary/aromatic N) is 1. The van der Waals surface area contributed by atoms with Gasteiger partial charge in [-0.25, -0.2) is 0 Å². The molecular formula is C11H24NO2+. The number of esters is 1. The number of carbonyl (C=O) groups is 1. The summed E-state index contributed by atoms with van der Waals surface area (Å²) in [6.07, 6.45) is 1.16. The van der Waals surface area contributed by atoms with Crippen LogP contribution in [-0.2, 0) is 9.53 Å². The maximum atomic E-state index is 11.2. The van der Waals surface area contributed by atoms with Gasteiger partial charge >= 0.3 is 5.97 Å². The second-order valence-corrected chi connectivity index (χ2v) is 4.71. The number of hydrogen-bond acceptors (Lipinski definition) is 2. The molecule has 84 valence electrons. The minimum atomic E-state index is -0.0958. The fraction of sp³-hybridized carbons (Fsp3) is 0.909. The average Bonchev–Trinajstić information content (AvgIpc) is 2.03. The molecule has 14 heavy (non-hydrogen) atoms. The van der Waals surface area contributed by atoms with Crippen molar-refractivity contribution in [2.45, 2.75) is 27.2 Å². The Bertz CT molecular complexity index is 176. The number of ether oxygens (including phenoxy) is 1. The molecule has 3 nitrogen and oxygen atoms in total. The van der Waals surface area contributed by atoms with Gasteiger partial charge in [-0.3, -0.25) is 4.79 Å². The lowest BCUT2D eigenvalue weighted by Crippen LogP contribution is -2.43. The van der Waals surface area contributed by atoms with E-state index in [0.29, 0.717) is 6.61 Å². The highest BCUT2D eigenvalue weighted by Gasteiger charge is 2.15. The summed E-state index contributed by atoms with van der Waals surface area (Å²) in [7, 11) is 4.32. The summed E-state index contributed by atoms with van der Waals surface area (Å²) in [5.74, 6) is -0.113. The van der Waals surface area contributed by atoms with E-state index in [2.05, 4.69) is 21.0 Å². The molecule has 0 aromatic heterocycles. The first-order chi connectivity index (χ1) is 6.39. The molecule has 0 aliphatic heterocycles. The monoisotopic (exact) mass is 202 g/mol. The molecule has 0 rings (SSSR count). The largest absolute Gasteiger partial charge is 0.459 e. The van der Waals surface area contributed by atoms with Crippen molar-refractivity contribution in [2.24, 2.45) is 5.92 Å². The minimum absolute atomic E-state index is 0.0169. The summed E-state index contributed by atoms with van der Waals surface area (Å²) >= 11 is 0. The van der Waals surface area contributed by atoms with Crippen LogP contribution in [0, 0.1) is 5.92 Å². The molecule has 0 aromatic carbocycles. The first-order valence-electron chi connectivity index (χ1n) is 5.37. The van der Waals surface area contributed by atoms with E-state index in [9.17, 15) is 4.79 Å². The van der Waals surface area contributed by atoms with Crippen LogP contribution in [0.2, 0.25) is 0 Å². The van der Waals surface area contributed by atoms with Gasteiger partial charge in [0.25, 0.3) is 0 Å². The molecule has 0 amide bonds. The normalized spacial score (nSPS) is 11.9. The van der Waals surface area contributed by atoms with Crippen LogP contribution in [0.1, 0.15) is 27.2 Å². The standard InChI is InChI=1S/C11H24NO2/c1-6-7-12(4,5)8-9-14-11(13)10(2)3/h10H,6-9H2,1-5H3/q+1. The fourth-order valence-corrected chi connectivity index (χ4v) is 1.28.